The van der Waals surface area contributed by atoms with Crippen LogP contribution in [0.25, 0.3) is 22.3 Å². The normalized spacial score (nSPS) is 10.6. The standard InChI is InChI=1S/C24H25NO3/c1-2-3-4-5-18-28-24-16-12-22(13-17-24)20-8-6-19(7-9-20)21-10-14-23(15-11-21)25(26)27/h6-17H,2-5,18H2,1H3. The first kappa shape index (κ1) is 19.6. The summed E-state index contributed by atoms with van der Waals surface area (Å²) in [5, 5.41) is 10.8. The van der Waals surface area contributed by atoms with E-state index in [1.54, 1.807) is 12.1 Å². The minimum Gasteiger partial charge on any atom is -0.494 e. The maximum absolute atomic E-state index is 10.8. The van der Waals surface area contributed by atoms with Gasteiger partial charge in [0.15, 0.2) is 0 Å². The van der Waals surface area contributed by atoms with Gasteiger partial charge in [-0.3, -0.25) is 10.1 Å². The molecule has 0 radical (unpaired) electrons. The number of unbranched alkanes of at least 4 members (excludes halogenated alkanes) is 3. The highest BCUT2D eigenvalue weighted by molar-refractivity contribution is 5.71. The Morgan fingerprint density at radius 3 is 1.64 bits per heavy atom. The summed E-state index contributed by atoms with van der Waals surface area (Å²) in [4.78, 5) is 10.4. The second kappa shape index (κ2) is 9.70. The fraction of sp³-hybridized carbons (Fsp3) is 0.250. The predicted molar refractivity (Wildman–Crippen MR) is 114 cm³/mol. The zero-order valence-corrected chi connectivity index (χ0v) is 16.1. The van der Waals surface area contributed by atoms with E-state index in [9.17, 15) is 10.1 Å². The van der Waals surface area contributed by atoms with Crippen LogP contribution in [-0.2, 0) is 0 Å². The van der Waals surface area contributed by atoms with Gasteiger partial charge in [0.1, 0.15) is 5.75 Å². The van der Waals surface area contributed by atoms with Crippen LogP contribution in [0.3, 0.4) is 0 Å². The van der Waals surface area contributed by atoms with E-state index < -0.39 is 0 Å². The second-order valence-corrected chi connectivity index (χ2v) is 6.81. The number of hydrogen-bond donors (Lipinski definition) is 0. The molecule has 0 unspecified atom stereocenters. The molecule has 3 rings (SSSR count). The van der Waals surface area contributed by atoms with Crippen molar-refractivity contribution >= 4 is 5.69 Å². The summed E-state index contributed by atoms with van der Waals surface area (Å²) < 4.78 is 5.80. The minimum absolute atomic E-state index is 0.105. The van der Waals surface area contributed by atoms with Crippen molar-refractivity contribution in [2.75, 3.05) is 6.61 Å². The zero-order chi connectivity index (χ0) is 19.8. The molecule has 0 heterocycles. The number of nitrogens with zero attached hydrogens (tertiary/aromatic N) is 1. The zero-order valence-electron chi connectivity index (χ0n) is 16.1. The maximum Gasteiger partial charge on any atom is 0.269 e. The molecule has 0 saturated carbocycles. The predicted octanol–water partition coefficient (Wildman–Crippen LogP) is 6.89. The summed E-state index contributed by atoms with van der Waals surface area (Å²) in [6, 6.07) is 23.0. The Labute approximate surface area is 166 Å². The topological polar surface area (TPSA) is 52.4 Å². The summed E-state index contributed by atoms with van der Waals surface area (Å²) in [6.07, 6.45) is 4.81. The van der Waals surface area contributed by atoms with E-state index in [0.29, 0.717) is 0 Å². The first-order chi connectivity index (χ1) is 13.7. The van der Waals surface area contributed by atoms with Crippen LogP contribution in [0, 0.1) is 10.1 Å². The summed E-state index contributed by atoms with van der Waals surface area (Å²) in [6.45, 7) is 2.97. The number of nitro groups is 1. The molecule has 0 saturated heterocycles. The van der Waals surface area contributed by atoms with Crippen molar-refractivity contribution in [1.29, 1.82) is 0 Å². The Morgan fingerprint density at radius 1 is 0.714 bits per heavy atom. The molecule has 0 aliphatic heterocycles. The lowest BCUT2D eigenvalue weighted by atomic mass is 10.0. The minimum atomic E-state index is -0.383. The average molecular weight is 375 g/mol. The molecule has 3 aromatic rings. The van der Waals surface area contributed by atoms with E-state index >= 15 is 0 Å². The van der Waals surface area contributed by atoms with Crippen LogP contribution >= 0.6 is 0 Å². The monoisotopic (exact) mass is 375 g/mol. The molecular formula is C24H25NO3. The molecule has 0 bridgehead atoms. The van der Waals surface area contributed by atoms with Gasteiger partial charge in [-0.05, 0) is 52.9 Å². The third-order valence-corrected chi connectivity index (χ3v) is 4.75. The SMILES string of the molecule is CCCCCCOc1ccc(-c2ccc(-c3ccc([N+](=O)[O-])cc3)cc2)cc1. The Morgan fingerprint density at radius 2 is 1.18 bits per heavy atom. The lowest BCUT2D eigenvalue weighted by Gasteiger charge is -2.08. The molecule has 0 aliphatic carbocycles. The number of non-ortho nitro benzene ring substituents is 1. The highest BCUT2D eigenvalue weighted by atomic mass is 16.6. The van der Waals surface area contributed by atoms with Crippen molar-refractivity contribution in [2.24, 2.45) is 0 Å². The molecule has 0 aromatic heterocycles. The van der Waals surface area contributed by atoms with Crippen LogP contribution in [0.15, 0.2) is 72.8 Å². The van der Waals surface area contributed by atoms with Crippen LogP contribution < -0.4 is 4.74 Å². The van der Waals surface area contributed by atoms with E-state index in [4.69, 9.17) is 4.74 Å². The number of ether oxygens (including phenoxy) is 1. The number of rotatable bonds is 9. The Balaban J connectivity index is 1.62. The van der Waals surface area contributed by atoms with Crippen LogP contribution in [0.1, 0.15) is 32.6 Å². The van der Waals surface area contributed by atoms with E-state index in [0.717, 1.165) is 41.0 Å². The molecule has 3 aromatic carbocycles. The molecule has 0 spiro atoms. The van der Waals surface area contributed by atoms with Crippen molar-refractivity contribution in [3.05, 3.63) is 82.9 Å². The molecule has 0 fully saturated rings. The van der Waals surface area contributed by atoms with Gasteiger partial charge in [-0.2, -0.15) is 0 Å². The third kappa shape index (κ3) is 5.19. The highest BCUT2D eigenvalue weighted by Crippen LogP contribution is 2.27. The fourth-order valence-corrected chi connectivity index (χ4v) is 3.09. The van der Waals surface area contributed by atoms with Gasteiger partial charge in [0.2, 0.25) is 0 Å². The first-order valence-electron chi connectivity index (χ1n) is 9.75. The lowest BCUT2D eigenvalue weighted by molar-refractivity contribution is -0.384. The van der Waals surface area contributed by atoms with Gasteiger partial charge in [0, 0.05) is 12.1 Å². The Kier molecular flexibility index (Phi) is 6.79. The molecule has 0 amide bonds. The third-order valence-electron chi connectivity index (χ3n) is 4.75. The quantitative estimate of drug-likeness (QED) is 0.232. The van der Waals surface area contributed by atoms with Crippen molar-refractivity contribution < 1.29 is 9.66 Å². The summed E-state index contributed by atoms with van der Waals surface area (Å²) in [7, 11) is 0. The van der Waals surface area contributed by atoms with Crippen molar-refractivity contribution in [2.45, 2.75) is 32.6 Å². The van der Waals surface area contributed by atoms with Crippen LogP contribution in [0.5, 0.6) is 5.75 Å². The van der Waals surface area contributed by atoms with Crippen molar-refractivity contribution in [3.63, 3.8) is 0 Å². The molecular weight excluding hydrogens is 350 g/mol. The van der Waals surface area contributed by atoms with E-state index in [1.165, 1.54) is 31.4 Å². The van der Waals surface area contributed by atoms with E-state index in [1.807, 2.05) is 24.3 Å². The van der Waals surface area contributed by atoms with E-state index in [2.05, 4.69) is 31.2 Å². The number of hydrogen-bond acceptors (Lipinski definition) is 3. The van der Waals surface area contributed by atoms with Crippen LogP contribution in [0.4, 0.5) is 5.69 Å². The maximum atomic E-state index is 10.8. The lowest BCUT2D eigenvalue weighted by Crippen LogP contribution is -1.96. The summed E-state index contributed by atoms with van der Waals surface area (Å²) >= 11 is 0. The molecule has 4 heteroatoms. The fourth-order valence-electron chi connectivity index (χ4n) is 3.09. The first-order valence-corrected chi connectivity index (χ1v) is 9.75. The molecule has 0 atom stereocenters. The summed E-state index contributed by atoms with van der Waals surface area (Å²) in [5.74, 6) is 0.905. The van der Waals surface area contributed by atoms with Crippen molar-refractivity contribution in [3.8, 4) is 28.0 Å². The Bertz CT molecular complexity index is 885. The van der Waals surface area contributed by atoms with Gasteiger partial charge in [-0.1, -0.05) is 62.6 Å². The van der Waals surface area contributed by atoms with Gasteiger partial charge < -0.3 is 4.74 Å². The highest BCUT2D eigenvalue weighted by Gasteiger charge is 2.06. The van der Waals surface area contributed by atoms with Gasteiger partial charge in [-0.25, -0.2) is 0 Å². The van der Waals surface area contributed by atoms with Crippen molar-refractivity contribution in [1.82, 2.24) is 0 Å². The van der Waals surface area contributed by atoms with Gasteiger partial charge >= 0.3 is 0 Å². The molecule has 0 N–H and O–H groups in total. The molecule has 0 aliphatic rings. The molecule has 4 nitrogen and oxygen atoms in total. The van der Waals surface area contributed by atoms with Crippen LogP contribution in [0.2, 0.25) is 0 Å². The summed E-state index contributed by atoms with van der Waals surface area (Å²) in [5.41, 5.74) is 4.36. The smallest absolute Gasteiger partial charge is 0.269 e. The van der Waals surface area contributed by atoms with Gasteiger partial charge in [0.05, 0.1) is 11.5 Å². The van der Waals surface area contributed by atoms with E-state index in [-0.39, 0.29) is 10.6 Å². The second-order valence-electron chi connectivity index (χ2n) is 6.81. The van der Waals surface area contributed by atoms with Gasteiger partial charge in [0.25, 0.3) is 5.69 Å². The van der Waals surface area contributed by atoms with Gasteiger partial charge in [-0.15, -0.1) is 0 Å². The molecule has 28 heavy (non-hydrogen) atoms. The number of benzene rings is 3. The average Bonchev–Trinajstić information content (AvgIpc) is 2.74. The molecule has 144 valence electrons. The Hall–Kier alpha value is -3.14. The largest absolute Gasteiger partial charge is 0.494 e. The number of nitro benzene ring substituents is 1. The van der Waals surface area contributed by atoms with Crippen LogP contribution in [-0.4, -0.2) is 11.5 Å².